The fourth-order valence-electron chi connectivity index (χ4n) is 22.7. The van der Waals surface area contributed by atoms with Crippen LogP contribution in [0.4, 0.5) is 34.1 Å². The molecular weight excluding hydrogens is 1510 g/mol. The number of hydrogen-bond acceptors (Lipinski definition) is 2. The van der Waals surface area contributed by atoms with Gasteiger partial charge in [0.05, 0.1) is 38.6 Å². The van der Waals surface area contributed by atoms with Gasteiger partial charge in [-0.2, -0.15) is 0 Å². The molecule has 4 nitrogen and oxygen atoms in total. The number of allylic oxidation sites excluding steroid dienone is 1. The lowest BCUT2D eigenvalue weighted by Crippen LogP contribution is -2.29. The molecule has 0 unspecified atom stereocenters. The lowest BCUT2D eigenvalue weighted by Gasteiger charge is -2.35. The van der Waals surface area contributed by atoms with Gasteiger partial charge in [0.15, 0.2) is 0 Å². The van der Waals surface area contributed by atoms with Crippen molar-refractivity contribution in [2.45, 2.75) is 42.9 Å². The summed E-state index contributed by atoms with van der Waals surface area (Å²) in [4.78, 5) is 4.96. The van der Waals surface area contributed by atoms with E-state index in [9.17, 15) is 0 Å². The van der Waals surface area contributed by atoms with Gasteiger partial charge in [-0.3, -0.25) is 0 Å². The SMILES string of the molecule is CC1(C)c2ccccc2-c2ccc(N(c3ccc4c(c3)c3ccc(-c5ccc(C6(c7ccccc7)c7ccccc7-c7ccccc76)cc5)cc3n4-c3ccccc3)c3cc4c(c5ccccc35)C=C(c3ccc(C5(c6cccc7c8cc(N(c9ccccc9)c9ccccc9)ccc8n(-c8ccccc8)c67)c6ccccc6-c6ccccc65)cc3)CC4)cc21. The molecule has 4 heteroatoms. The number of anilines is 6. The number of para-hydroxylation sites is 5. The van der Waals surface area contributed by atoms with Crippen molar-refractivity contribution in [2.75, 3.05) is 9.80 Å². The number of aryl methyl sites for hydroxylation is 1. The molecule has 0 spiro atoms. The molecule has 21 aromatic rings. The summed E-state index contributed by atoms with van der Waals surface area (Å²) in [5, 5.41) is 7.21. The first-order valence-corrected chi connectivity index (χ1v) is 43.9. The molecular formula is C121H84N4. The molecule has 588 valence electrons. The zero-order valence-electron chi connectivity index (χ0n) is 69.4. The van der Waals surface area contributed by atoms with Crippen LogP contribution in [0.3, 0.4) is 0 Å². The minimum atomic E-state index is -0.715. The average Bonchev–Trinajstić information content (AvgIpc) is 1.52. The molecule has 25 rings (SSSR count). The Kier molecular flexibility index (Phi) is 16.3. The molecule has 125 heavy (non-hydrogen) atoms. The lowest BCUT2D eigenvalue weighted by atomic mass is 9.67. The summed E-state index contributed by atoms with van der Waals surface area (Å²) in [7, 11) is 0. The summed E-state index contributed by atoms with van der Waals surface area (Å²) in [5.41, 5.74) is 40.3. The molecule has 0 N–H and O–H groups in total. The Morgan fingerprint density at radius 1 is 0.240 bits per heavy atom. The quantitative estimate of drug-likeness (QED) is 0.108. The molecule has 0 radical (unpaired) electrons. The second-order valence-corrected chi connectivity index (χ2v) is 34.8. The smallest absolute Gasteiger partial charge is 0.0734 e. The molecule has 2 aromatic heterocycles. The van der Waals surface area contributed by atoms with Crippen LogP contribution in [0.15, 0.2) is 443 Å². The van der Waals surface area contributed by atoms with E-state index >= 15 is 0 Å². The van der Waals surface area contributed by atoms with Gasteiger partial charge in [-0.25, -0.2) is 0 Å². The molecule has 4 aliphatic rings. The minimum absolute atomic E-state index is 0.225. The van der Waals surface area contributed by atoms with E-state index in [4.69, 9.17) is 0 Å². The maximum atomic E-state index is 2.59. The summed E-state index contributed by atoms with van der Waals surface area (Å²) in [6.45, 7) is 4.80. The minimum Gasteiger partial charge on any atom is -0.310 e. The highest BCUT2D eigenvalue weighted by atomic mass is 15.2. The summed E-state index contributed by atoms with van der Waals surface area (Å²) in [5.74, 6) is 0. The van der Waals surface area contributed by atoms with Crippen molar-refractivity contribution in [3.8, 4) is 55.9 Å². The largest absolute Gasteiger partial charge is 0.310 e. The normalized spacial score (nSPS) is 14.0. The third kappa shape index (κ3) is 10.8. The fourth-order valence-corrected chi connectivity index (χ4v) is 22.7. The van der Waals surface area contributed by atoms with Gasteiger partial charge in [0.1, 0.15) is 0 Å². The van der Waals surface area contributed by atoms with Crippen LogP contribution in [0, 0.1) is 0 Å². The summed E-state index contributed by atoms with van der Waals surface area (Å²) in [6, 6.07) is 167. The average molecular weight is 1590 g/mol. The van der Waals surface area contributed by atoms with Gasteiger partial charge in [0, 0.05) is 72.2 Å². The highest BCUT2D eigenvalue weighted by Gasteiger charge is 2.49. The molecule has 0 amide bonds. The molecule has 0 saturated carbocycles. The zero-order valence-corrected chi connectivity index (χ0v) is 69.4. The maximum Gasteiger partial charge on any atom is 0.0734 e. The van der Waals surface area contributed by atoms with E-state index in [1.54, 1.807) is 0 Å². The van der Waals surface area contributed by atoms with Crippen LogP contribution in [0.5, 0.6) is 0 Å². The van der Waals surface area contributed by atoms with Crippen molar-refractivity contribution in [2.24, 2.45) is 0 Å². The Balaban J connectivity index is 0.627. The molecule has 0 fully saturated rings. The van der Waals surface area contributed by atoms with E-state index in [2.05, 4.69) is 482 Å². The standard InChI is InChI=1S/C121H84N4/c1-119(2)107-49-25-20-42-95(107)100-70-66-93(78-113(100)119)123(92-68-71-114-105(77-92)102-69-61-82(74-117(102)124(114)89-37-14-6-15-38-89)80-57-62-85(63-58-80)120(84-31-8-3-9-32-84)108-50-26-21-43-96(108)97-44-22-27-51-109(97)120)116-75-83-56-55-81(73-104(83)94-41-18-19-47-101(94)116)79-59-64-86(65-60-79)121(110-52-28-23-45-98(110)99-46-24-29-53-111(99)121)112-54-30-48-103-106-76-91(67-72-115(106)125(118(103)112)90-39-16-7-17-40-90)122(87-33-10-4-11-34-87)88-35-12-5-13-36-88/h3-54,57-78H,55-56H2,1-2H3. The summed E-state index contributed by atoms with van der Waals surface area (Å²) >= 11 is 0. The fraction of sp³-hybridized carbons (Fsp3) is 0.0579. The second kappa shape index (κ2) is 28.2. The van der Waals surface area contributed by atoms with Crippen LogP contribution < -0.4 is 9.80 Å². The summed E-state index contributed by atoms with van der Waals surface area (Å²) < 4.78 is 5.02. The van der Waals surface area contributed by atoms with Crippen LogP contribution in [0.1, 0.15) is 92.6 Å². The zero-order chi connectivity index (χ0) is 82.6. The number of nitrogens with zero attached hydrogens (tertiary/aromatic N) is 4. The Labute approximate surface area is 728 Å². The third-order valence-corrected chi connectivity index (χ3v) is 28.1. The first kappa shape index (κ1) is 72.2. The van der Waals surface area contributed by atoms with Crippen molar-refractivity contribution in [3.05, 3.63) is 515 Å². The predicted molar refractivity (Wildman–Crippen MR) is 522 cm³/mol. The van der Waals surface area contributed by atoms with Gasteiger partial charge < -0.3 is 18.9 Å². The number of hydrogen-bond donors (Lipinski definition) is 0. The van der Waals surface area contributed by atoms with Gasteiger partial charge in [0.2, 0.25) is 0 Å². The van der Waals surface area contributed by atoms with Crippen molar-refractivity contribution in [1.82, 2.24) is 9.13 Å². The van der Waals surface area contributed by atoms with E-state index in [1.807, 2.05) is 0 Å². The van der Waals surface area contributed by atoms with E-state index in [1.165, 1.54) is 155 Å². The molecule has 0 saturated heterocycles. The van der Waals surface area contributed by atoms with Crippen LogP contribution in [-0.2, 0) is 22.7 Å². The van der Waals surface area contributed by atoms with Gasteiger partial charge in [-0.15, -0.1) is 0 Å². The van der Waals surface area contributed by atoms with Crippen LogP contribution >= 0.6 is 0 Å². The van der Waals surface area contributed by atoms with Gasteiger partial charge >= 0.3 is 0 Å². The van der Waals surface area contributed by atoms with Crippen LogP contribution in [0.25, 0.3) is 122 Å². The van der Waals surface area contributed by atoms with E-state index in [0.29, 0.717) is 0 Å². The van der Waals surface area contributed by atoms with Gasteiger partial charge in [0.25, 0.3) is 0 Å². The Bertz CT molecular complexity index is 7840. The van der Waals surface area contributed by atoms with Gasteiger partial charge in [-0.1, -0.05) is 354 Å². The molecule has 4 aliphatic carbocycles. The third-order valence-electron chi connectivity index (χ3n) is 28.1. The molecule has 2 heterocycles. The highest BCUT2D eigenvalue weighted by molar-refractivity contribution is 6.15. The number of rotatable bonds is 14. The number of benzene rings is 19. The van der Waals surface area contributed by atoms with E-state index in [-0.39, 0.29) is 5.41 Å². The second-order valence-electron chi connectivity index (χ2n) is 34.8. The van der Waals surface area contributed by atoms with Gasteiger partial charge in [-0.05, 0) is 250 Å². The molecule has 0 aliphatic heterocycles. The predicted octanol–water partition coefficient (Wildman–Crippen LogP) is 31.2. The van der Waals surface area contributed by atoms with Crippen molar-refractivity contribution < 1.29 is 0 Å². The summed E-state index contributed by atoms with van der Waals surface area (Å²) in [6.07, 6.45) is 4.28. The molecule has 0 atom stereocenters. The molecule has 19 aromatic carbocycles. The van der Waals surface area contributed by atoms with E-state index < -0.39 is 10.8 Å². The Morgan fingerprint density at radius 3 is 1.26 bits per heavy atom. The lowest BCUT2D eigenvalue weighted by molar-refractivity contribution is 0.660. The Hall–Kier alpha value is -15.6. The topological polar surface area (TPSA) is 16.3 Å². The van der Waals surface area contributed by atoms with Crippen LogP contribution in [-0.4, -0.2) is 9.13 Å². The first-order valence-electron chi connectivity index (χ1n) is 43.9. The van der Waals surface area contributed by atoms with E-state index in [0.717, 1.165) is 80.5 Å². The van der Waals surface area contributed by atoms with Crippen molar-refractivity contribution in [3.63, 3.8) is 0 Å². The molecule has 0 bridgehead atoms. The monoisotopic (exact) mass is 1590 g/mol. The Morgan fingerprint density at radius 2 is 0.664 bits per heavy atom. The number of aromatic nitrogens is 2. The highest BCUT2D eigenvalue weighted by Crippen LogP contribution is 2.61. The maximum absolute atomic E-state index is 2.59. The number of fused-ring (bicyclic) bond motifs is 18. The van der Waals surface area contributed by atoms with Crippen molar-refractivity contribution >= 4 is 100 Å². The van der Waals surface area contributed by atoms with Crippen LogP contribution in [0.2, 0.25) is 0 Å². The first-order chi connectivity index (χ1) is 61.8. The van der Waals surface area contributed by atoms with Crippen molar-refractivity contribution in [1.29, 1.82) is 0 Å².